The van der Waals surface area contributed by atoms with E-state index in [1.165, 1.54) is 0 Å². The molecule has 0 amide bonds. The standard InChI is InChI=1S/C5H6F4N2/c1-3-10-4(11(2)9)5(6,7)8/h3H,1H2,2H3. The molecule has 0 fully saturated rings. The van der Waals surface area contributed by atoms with Crippen LogP contribution < -0.4 is 0 Å². The van der Waals surface area contributed by atoms with E-state index in [2.05, 4.69) is 11.6 Å². The SMILES string of the molecule is C=CN=C(N(C)F)C(F)(F)F. The van der Waals surface area contributed by atoms with Gasteiger partial charge in [0.1, 0.15) is 0 Å². The number of hydrogen-bond donors (Lipinski definition) is 0. The van der Waals surface area contributed by atoms with Gasteiger partial charge in [-0.1, -0.05) is 11.1 Å². The van der Waals surface area contributed by atoms with Gasteiger partial charge in [0, 0.05) is 13.2 Å². The van der Waals surface area contributed by atoms with Gasteiger partial charge in [0.05, 0.1) is 0 Å². The summed E-state index contributed by atoms with van der Waals surface area (Å²) >= 11 is 0. The Bertz CT molecular complexity index is 170. The lowest BCUT2D eigenvalue weighted by Crippen LogP contribution is -2.33. The number of rotatable bonds is 1. The van der Waals surface area contributed by atoms with E-state index >= 15 is 0 Å². The van der Waals surface area contributed by atoms with E-state index in [0.29, 0.717) is 13.2 Å². The van der Waals surface area contributed by atoms with Crippen LogP contribution in [0.1, 0.15) is 0 Å². The van der Waals surface area contributed by atoms with Gasteiger partial charge in [-0.3, -0.25) is 0 Å². The Hall–Kier alpha value is -1.07. The number of alkyl halides is 3. The first-order chi connectivity index (χ1) is 4.89. The largest absolute Gasteiger partial charge is 0.451 e. The van der Waals surface area contributed by atoms with Crippen molar-refractivity contribution in [1.82, 2.24) is 5.12 Å². The van der Waals surface area contributed by atoms with Crippen LogP contribution in [0.15, 0.2) is 17.8 Å². The average molecular weight is 170 g/mol. The highest BCUT2D eigenvalue weighted by atomic mass is 19.4. The number of halogens is 4. The fourth-order valence-electron chi connectivity index (χ4n) is 0.414. The molecule has 0 aromatic rings. The number of amidine groups is 1. The molecule has 0 N–H and O–H groups in total. The van der Waals surface area contributed by atoms with Crippen molar-refractivity contribution < 1.29 is 17.7 Å². The quantitative estimate of drug-likeness (QED) is 0.254. The van der Waals surface area contributed by atoms with Crippen LogP contribution in [0.5, 0.6) is 0 Å². The van der Waals surface area contributed by atoms with Crippen molar-refractivity contribution in [1.29, 1.82) is 0 Å². The Morgan fingerprint density at radius 3 is 2.09 bits per heavy atom. The van der Waals surface area contributed by atoms with Gasteiger partial charge in [-0.15, -0.1) is 0 Å². The van der Waals surface area contributed by atoms with Crippen molar-refractivity contribution in [2.75, 3.05) is 7.05 Å². The molecular weight excluding hydrogens is 164 g/mol. The lowest BCUT2D eigenvalue weighted by molar-refractivity contribution is -0.0787. The molecule has 0 aromatic carbocycles. The van der Waals surface area contributed by atoms with Crippen LogP contribution in [-0.2, 0) is 0 Å². The first kappa shape index (κ1) is 9.93. The second-order valence-corrected chi connectivity index (χ2v) is 1.61. The molecule has 0 aromatic heterocycles. The molecular formula is C5H6F4N2. The number of nitrogens with zero attached hydrogens (tertiary/aromatic N) is 2. The van der Waals surface area contributed by atoms with Gasteiger partial charge in [0.2, 0.25) is 5.84 Å². The summed E-state index contributed by atoms with van der Waals surface area (Å²) in [6, 6.07) is 0. The summed E-state index contributed by atoms with van der Waals surface area (Å²) < 4.78 is 47.1. The molecule has 0 aliphatic carbocycles. The molecule has 0 spiro atoms. The van der Waals surface area contributed by atoms with Crippen LogP contribution in [0.4, 0.5) is 17.7 Å². The summed E-state index contributed by atoms with van der Waals surface area (Å²) in [5, 5.41) is -0.609. The summed E-state index contributed by atoms with van der Waals surface area (Å²) in [5.74, 6) is -1.62. The molecule has 0 saturated heterocycles. The second-order valence-electron chi connectivity index (χ2n) is 1.61. The van der Waals surface area contributed by atoms with Crippen LogP contribution in [0.25, 0.3) is 0 Å². The van der Waals surface area contributed by atoms with E-state index in [1.54, 1.807) is 0 Å². The van der Waals surface area contributed by atoms with Crippen LogP contribution in [-0.4, -0.2) is 24.2 Å². The lowest BCUT2D eigenvalue weighted by atomic mass is 10.5. The first-order valence-electron chi connectivity index (χ1n) is 2.55. The molecule has 0 saturated carbocycles. The highest BCUT2D eigenvalue weighted by Gasteiger charge is 2.38. The zero-order valence-corrected chi connectivity index (χ0v) is 5.69. The van der Waals surface area contributed by atoms with E-state index in [9.17, 15) is 17.7 Å². The molecule has 0 aliphatic rings. The van der Waals surface area contributed by atoms with Crippen molar-refractivity contribution >= 4 is 5.84 Å². The van der Waals surface area contributed by atoms with Gasteiger partial charge in [0.15, 0.2) is 0 Å². The van der Waals surface area contributed by atoms with E-state index < -0.39 is 17.1 Å². The summed E-state index contributed by atoms with van der Waals surface area (Å²) in [6.45, 7) is 2.92. The minimum Gasteiger partial charge on any atom is -0.233 e. The Kier molecular flexibility index (Phi) is 3.03. The molecule has 0 heterocycles. The third kappa shape index (κ3) is 3.01. The predicted molar refractivity (Wildman–Crippen MR) is 32.6 cm³/mol. The molecule has 2 nitrogen and oxygen atoms in total. The Balaban J connectivity index is 4.62. The van der Waals surface area contributed by atoms with Gasteiger partial charge >= 0.3 is 6.18 Å². The number of aliphatic imine (C=N–C) groups is 1. The molecule has 6 heteroatoms. The van der Waals surface area contributed by atoms with Gasteiger partial charge in [-0.05, 0) is 0 Å². The van der Waals surface area contributed by atoms with Gasteiger partial charge in [-0.2, -0.15) is 18.3 Å². The van der Waals surface area contributed by atoms with E-state index in [1.807, 2.05) is 0 Å². The minimum absolute atomic E-state index is 0.607. The van der Waals surface area contributed by atoms with E-state index in [-0.39, 0.29) is 0 Å². The maximum absolute atomic E-state index is 12.0. The van der Waals surface area contributed by atoms with Crippen molar-refractivity contribution in [3.63, 3.8) is 0 Å². The molecule has 64 valence electrons. The maximum atomic E-state index is 12.0. The summed E-state index contributed by atoms with van der Waals surface area (Å²) in [4.78, 5) is 2.70. The number of hydrogen-bond acceptors (Lipinski definition) is 1. The molecule has 0 radical (unpaired) electrons. The van der Waals surface area contributed by atoms with Crippen LogP contribution in [0.3, 0.4) is 0 Å². The molecule has 0 bridgehead atoms. The van der Waals surface area contributed by atoms with Gasteiger partial charge in [0.25, 0.3) is 0 Å². The molecule has 11 heavy (non-hydrogen) atoms. The summed E-state index contributed by atoms with van der Waals surface area (Å²) in [7, 11) is 0.607. The van der Waals surface area contributed by atoms with Crippen LogP contribution >= 0.6 is 0 Å². The van der Waals surface area contributed by atoms with Crippen molar-refractivity contribution in [3.8, 4) is 0 Å². The van der Waals surface area contributed by atoms with E-state index in [0.717, 1.165) is 0 Å². The normalized spacial score (nSPS) is 13.0. The average Bonchev–Trinajstić information content (AvgIpc) is 1.79. The highest BCUT2D eigenvalue weighted by Crippen LogP contribution is 2.19. The molecule has 0 aliphatic heterocycles. The predicted octanol–water partition coefficient (Wildman–Crippen LogP) is 1.91. The zero-order valence-electron chi connectivity index (χ0n) is 5.69. The zero-order chi connectivity index (χ0) is 9.07. The lowest BCUT2D eigenvalue weighted by Gasteiger charge is -2.12. The highest BCUT2D eigenvalue weighted by molar-refractivity contribution is 5.86. The fourth-order valence-corrected chi connectivity index (χ4v) is 0.414. The van der Waals surface area contributed by atoms with Crippen molar-refractivity contribution in [2.24, 2.45) is 4.99 Å². The van der Waals surface area contributed by atoms with Crippen LogP contribution in [0, 0.1) is 0 Å². The third-order valence-electron chi connectivity index (χ3n) is 0.759. The Morgan fingerprint density at radius 2 is 2.00 bits per heavy atom. The maximum Gasteiger partial charge on any atom is 0.451 e. The second kappa shape index (κ2) is 3.36. The monoisotopic (exact) mass is 170 g/mol. The topological polar surface area (TPSA) is 15.6 Å². The molecule has 0 atom stereocenters. The van der Waals surface area contributed by atoms with Gasteiger partial charge < -0.3 is 0 Å². The Morgan fingerprint density at radius 1 is 1.55 bits per heavy atom. The molecule has 0 rings (SSSR count). The minimum atomic E-state index is -4.78. The Labute approximate surface area is 60.8 Å². The summed E-state index contributed by atoms with van der Waals surface area (Å²) in [6.07, 6.45) is -4.16. The third-order valence-corrected chi connectivity index (χ3v) is 0.759. The smallest absolute Gasteiger partial charge is 0.233 e. The van der Waals surface area contributed by atoms with Gasteiger partial charge in [-0.25, -0.2) is 4.99 Å². The fraction of sp³-hybridized carbons (Fsp3) is 0.400. The molecule has 0 unspecified atom stereocenters. The van der Waals surface area contributed by atoms with Crippen LogP contribution in [0.2, 0.25) is 0 Å². The van der Waals surface area contributed by atoms with Crippen molar-refractivity contribution in [3.05, 3.63) is 12.8 Å². The summed E-state index contributed by atoms with van der Waals surface area (Å²) in [5.41, 5.74) is 0. The van der Waals surface area contributed by atoms with E-state index in [4.69, 9.17) is 0 Å². The first-order valence-corrected chi connectivity index (χ1v) is 2.55. The van der Waals surface area contributed by atoms with Crippen molar-refractivity contribution in [2.45, 2.75) is 6.18 Å².